The summed E-state index contributed by atoms with van der Waals surface area (Å²) < 4.78 is 3.47. The second-order valence-electron chi connectivity index (χ2n) is 7.40. The Morgan fingerprint density at radius 3 is 2.43 bits per heavy atom. The van der Waals surface area contributed by atoms with E-state index in [9.17, 15) is 9.59 Å². The van der Waals surface area contributed by atoms with Gasteiger partial charge in [-0.05, 0) is 18.6 Å². The summed E-state index contributed by atoms with van der Waals surface area (Å²) in [6, 6.07) is 8.22. The summed E-state index contributed by atoms with van der Waals surface area (Å²) >= 11 is 8.00. The van der Waals surface area contributed by atoms with E-state index < -0.39 is 0 Å². The Labute approximate surface area is 177 Å². The number of thioether (sulfide) groups is 1. The van der Waals surface area contributed by atoms with Gasteiger partial charge in [-0.3, -0.25) is 14.5 Å². The van der Waals surface area contributed by atoms with Crippen molar-refractivity contribution in [3.8, 4) is 0 Å². The summed E-state index contributed by atoms with van der Waals surface area (Å²) in [7, 11) is 3.73. The maximum absolute atomic E-state index is 13.2. The Balaban J connectivity index is 2.05. The molecule has 0 radical (unpaired) electrons. The number of fused-ring (bicyclic) bond motifs is 1. The molecule has 1 aromatic heterocycles. The fourth-order valence-corrected chi connectivity index (χ4v) is 6.94. The summed E-state index contributed by atoms with van der Waals surface area (Å²) in [5.41, 5.74) is 2.89. The molecule has 1 amide bonds. The molecule has 2 aliphatic rings. The van der Waals surface area contributed by atoms with Crippen LogP contribution in [0.5, 0.6) is 0 Å². The molecule has 0 spiro atoms. The number of hydrogen-bond acceptors (Lipinski definition) is 6. The molecule has 1 saturated heterocycles. The topological polar surface area (TPSA) is 45.6 Å². The fourth-order valence-electron chi connectivity index (χ4n) is 4.00. The molecule has 28 heavy (non-hydrogen) atoms. The Bertz CT molecular complexity index is 1210. The van der Waals surface area contributed by atoms with Crippen LogP contribution in [0, 0.1) is 0 Å². The van der Waals surface area contributed by atoms with Crippen LogP contribution in [0.2, 0.25) is 0 Å². The fraction of sp³-hybridized carbons (Fsp3) is 0.350. The summed E-state index contributed by atoms with van der Waals surface area (Å²) in [5, 5.41) is 0. The van der Waals surface area contributed by atoms with E-state index in [1.165, 1.54) is 28.7 Å². The molecule has 0 bridgehead atoms. The van der Waals surface area contributed by atoms with E-state index in [4.69, 9.17) is 12.2 Å². The molecule has 0 saturated carbocycles. The van der Waals surface area contributed by atoms with Crippen molar-refractivity contribution in [2.24, 2.45) is 7.05 Å². The number of thiocarbonyl (C=S) groups is 1. The van der Waals surface area contributed by atoms with Crippen molar-refractivity contribution >= 4 is 61.8 Å². The van der Waals surface area contributed by atoms with Gasteiger partial charge in [0.1, 0.15) is 18.4 Å². The monoisotopic (exact) mass is 431 g/mol. The standard InChI is InChI=1S/C20H21N3O2S3/c1-6-23-17(25)14(28-19(23)26)18-22(5)16(24)13(27-18)15-20(2,3)11-9-7-8-10-12(11)21(15)4/h7-10H,6H2,1-5H3/b15-13+,18-14-. The Morgan fingerprint density at radius 2 is 1.82 bits per heavy atom. The SMILES string of the molecule is CCN1C(=O)/C(=c2/s/c(=C3/N(C)c4ccccc4C3(C)C)c(=O)n2C)SC1=S. The molecule has 2 aromatic rings. The Morgan fingerprint density at radius 1 is 1.14 bits per heavy atom. The molecule has 1 aromatic carbocycles. The minimum Gasteiger partial charge on any atom is -0.346 e. The van der Waals surface area contributed by atoms with Crippen LogP contribution in [0.1, 0.15) is 26.3 Å². The Kier molecular flexibility index (Phi) is 4.56. The molecule has 4 rings (SSSR count). The number of amides is 1. The molecule has 146 valence electrons. The number of thiazole rings is 1. The van der Waals surface area contributed by atoms with E-state index in [1.54, 1.807) is 16.5 Å². The predicted octanol–water partition coefficient (Wildman–Crippen LogP) is 1.97. The molecule has 1 fully saturated rings. The molecule has 0 unspecified atom stereocenters. The van der Waals surface area contributed by atoms with Gasteiger partial charge in [0, 0.05) is 31.7 Å². The Hall–Kier alpha value is -1.90. The quantitative estimate of drug-likeness (QED) is 0.646. The van der Waals surface area contributed by atoms with Gasteiger partial charge in [0.05, 0.1) is 5.70 Å². The lowest BCUT2D eigenvalue weighted by Gasteiger charge is -2.23. The average Bonchev–Trinajstić information content (AvgIpc) is 3.18. The first-order chi connectivity index (χ1) is 13.2. The smallest absolute Gasteiger partial charge is 0.270 e. The summed E-state index contributed by atoms with van der Waals surface area (Å²) in [6.45, 7) is 6.71. The number of nitrogens with zero attached hydrogens (tertiary/aromatic N) is 3. The number of likely N-dealkylation sites (N-methyl/N-ethyl adjacent to an activating group) is 1. The number of carbonyl (C=O) groups excluding carboxylic acids is 1. The van der Waals surface area contributed by atoms with Crippen molar-refractivity contribution < 1.29 is 4.79 Å². The van der Waals surface area contributed by atoms with Crippen molar-refractivity contribution in [1.29, 1.82) is 0 Å². The zero-order valence-corrected chi connectivity index (χ0v) is 18.8. The van der Waals surface area contributed by atoms with Gasteiger partial charge in [0.2, 0.25) is 0 Å². The lowest BCUT2D eigenvalue weighted by Crippen LogP contribution is -2.37. The first-order valence-electron chi connectivity index (χ1n) is 9.02. The van der Waals surface area contributed by atoms with Crippen LogP contribution in [0.15, 0.2) is 29.1 Å². The minimum atomic E-state index is -0.304. The zero-order chi connectivity index (χ0) is 20.4. The van der Waals surface area contributed by atoms with Gasteiger partial charge in [0.25, 0.3) is 11.5 Å². The van der Waals surface area contributed by atoms with Crippen LogP contribution in [-0.2, 0) is 17.3 Å². The first kappa shape index (κ1) is 19.4. The number of aromatic nitrogens is 1. The molecule has 2 aliphatic heterocycles. The molecular formula is C20H21N3O2S3. The number of hydrogen-bond donors (Lipinski definition) is 0. The zero-order valence-electron chi connectivity index (χ0n) is 16.4. The maximum Gasteiger partial charge on any atom is 0.270 e. The van der Waals surface area contributed by atoms with Gasteiger partial charge in [-0.15, -0.1) is 11.3 Å². The number of benzene rings is 1. The maximum atomic E-state index is 13.2. The second-order valence-corrected chi connectivity index (χ2v) is 10.0. The average molecular weight is 432 g/mol. The molecule has 3 heterocycles. The van der Waals surface area contributed by atoms with Gasteiger partial charge in [-0.25, -0.2) is 0 Å². The van der Waals surface area contributed by atoms with Gasteiger partial charge in [-0.2, -0.15) is 0 Å². The first-order valence-corrected chi connectivity index (χ1v) is 11.1. The molecule has 0 aliphatic carbocycles. The van der Waals surface area contributed by atoms with E-state index in [1.807, 2.05) is 26.1 Å². The molecular weight excluding hydrogens is 410 g/mol. The highest BCUT2D eigenvalue weighted by atomic mass is 32.2. The molecule has 5 nitrogen and oxygen atoms in total. The number of anilines is 1. The number of rotatable bonds is 1. The largest absolute Gasteiger partial charge is 0.346 e. The van der Waals surface area contributed by atoms with Crippen molar-refractivity contribution in [2.75, 3.05) is 18.5 Å². The third kappa shape index (κ3) is 2.54. The molecule has 8 heteroatoms. The van der Waals surface area contributed by atoms with Crippen molar-refractivity contribution in [3.05, 3.63) is 49.4 Å². The van der Waals surface area contributed by atoms with Crippen molar-refractivity contribution in [1.82, 2.24) is 9.47 Å². The van der Waals surface area contributed by atoms with Gasteiger partial charge >= 0.3 is 0 Å². The highest BCUT2D eigenvalue weighted by Gasteiger charge is 2.40. The third-order valence-electron chi connectivity index (χ3n) is 5.44. The van der Waals surface area contributed by atoms with Gasteiger partial charge in [-0.1, -0.05) is 56.0 Å². The second kappa shape index (κ2) is 6.57. The van der Waals surface area contributed by atoms with E-state index in [-0.39, 0.29) is 16.9 Å². The number of carbonyl (C=O) groups is 1. The van der Waals surface area contributed by atoms with Crippen LogP contribution in [0.25, 0.3) is 10.6 Å². The van der Waals surface area contributed by atoms with Crippen LogP contribution in [-0.4, -0.2) is 33.3 Å². The van der Waals surface area contributed by atoms with Gasteiger partial charge < -0.3 is 9.47 Å². The lowest BCUT2D eigenvalue weighted by atomic mass is 9.84. The lowest BCUT2D eigenvalue weighted by molar-refractivity contribution is -0.120. The minimum absolute atomic E-state index is 0.0792. The van der Waals surface area contributed by atoms with Crippen LogP contribution in [0.4, 0.5) is 5.69 Å². The highest BCUT2D eigenvalue weighted by Crippen LogP contribution is 2.46. The van der Waals surface area contributed by atoms with Crippen LogP contribution >= 0.6 is 35.3 Å². The summed E-state index contributed by atoms with van der Waals surface area (Å²) in [4.78, 5) is 30.2. The predicted molar refractivity (Wildman–Crippen MR) is 121 cm³/mol. The van der Waals surface area contributed by atoms with Crippen LogP contribution in [0.3, 0.4) is 0 Å². The number of para-hydroxylation sites is 1. The summed E-state index contributed by atoms with van der Waals surface area (Å²) in [6.07, 6.45) is 0. The van der Waals surface area contributed by atoms with Crippen LogP contribution < -0.4 is 19.7 Å². The van der Waals surface area contributed by atoms with Gasteiger partial charge in [0.15, 0.2) is 0 Å². The molecule has 0 N–H and O–H groups in total. The van der Waals surface area contributed by atoms with E-state index in [0.717, 1.165) is 11.4 Å². The van der Waals surface area contributed by atoms with E-state index >= 15 is 0 Å². The molecule has 0 atom stereocenters. The van der Waals surface area contributed by atoms with E-state index in [2.05, 4.69) is 30.9 Å². The third-order valence-corrected chi connectivity index (χ3v) is 8.25. The van der Waals surface area contributed by atoms with Crippen molar-refractivity contribution in [2.45, 2.75) is 26.2 Å². The van der Waals surface area contributed by atoms with Crippen molar-refractivity contribution in [3.63, 3.8) is 0 Å². The summed E-state index contributed by atoms with van der Waals surface area (Å²) in [5.74, 6) is -0.117. The normalized spacial score (nSPS) is 22.3. The highest BCUT2D eigenvalue weighted by molar-refractivity contribution is 8.30. The van der Waals surface area contributed by atoms with E-state index in [0.29, 0.717) is 25.0 Å².